The predicted molar refractivity (Wildman–Crippen MR) is 118 cm³/mol. The Balaban J connectivity index is 1.84. The van der Waals surface area contributed by atoms with Crippen LogP contribution < -0.4 is 10.6 Å². The summed E-state index contributed by atoms with van der Waals surface area (Å²) in [4.78, 5) is 25.8. The van der Waals surface area contributed by atoms with Crippen LogP contribution in [0, 0.1) is 20.8 Å². The molecule has 0 spiro atoms. The van der Waals surface area contributed by atoms with Crippen LogP contribution in [-0.2, 0) is 4.79 Å². The highest BCUT2D eigenvalue weighted by Gasteiger charge is 2.19. The van der Waals surface area contributed by atoms with Crippen LogP contribution in [0.1, 0.15) is 51.3 Å². The highest BCUT2D eigenvalue weighted by molar-refractivity contribution is 6.05. The Bertz CT molecular complexity index is 1080. The second kappa shape index (κ2) is 9.27. The molecule has 2 aromatic carbocycles. The van der Waals surface area contributed by atoms with Crippen molar-refractivity contribution in [2.24, 2.45) is 0 Å². The molecule has 2 amide bonds. The van der Waals surface area contributed by atoms with Crippen LogP contribution >= 0.6 is 0 Å². The summed E-state index contributed by atoms with van der Waals surface area (Å²) in [6, 6.07) is 16.6. The Morgan fingerprint density at radius 1 is 0.967 bits per heavy atom. The first-order chi connectivity index (χ1) is 14.3. The van der Waals surface area contributed by atoms with Gasteiger partial charge >= 0.3 is 0 Å². The summed E-state index contributed by atoms with van der Waals surface area (Å²) in [6.07, 6.45) is 3.04. The number of hydrogen-bond donors (Lipinski definition) is 2. The van der Waals surface area contributed by atoms with E-state index >= 15 is 0 Å². The number of carbonyl (C=O) groups excluding carboxylic acids is 2. The summed E-state index contributed by atoms with van der Waals surface area (Å²) in [5, 5.41) is 5.71. The maximum atomic E-state index is 13.0. The molecule has 2 N–H and O–H groups in total. The number of furan rings is 1. The number of rotatable bonds is 6. The van der Waals surface area contributed by atoms with Crippen LogP contribution in [0.3, 0.4) is 0 Å². The van der Waals surface area contributed by atoms with Crippen molar-refractivity contribution < 1.29 is 14.0 Å². The third kappa shape index (κ3) is 5.26. The van der Waals surface area contributed by atoms with Gasteiger partial charge in [-0.25, -0.2) is 0 Å². The summed E-state index contributed by atoms with van der Waals surface area (Å²) in [5.74, 6) is -0.268. The molecular formula is C25H26N2O3. The Morgan fingerprint density at radius 3 is 2.43 bits per heavy atom. The fourth-order valence-corrected chi connectivity index (χ4v) is 3.23. The minimum absolute atomic E-state index is 0.119. The summed E-state index contributed by atoms with van der Waals surface area (Å²) < 4.78 is 5.34. The molecule has 3 aromatic rings. The molecule has 0 fully saturated rings. The van der Waals surface area contributed by atoms with E-state index in [0.29, 0.717) is 11.3 Å². The molecule has 0 radical (unpaired) electrons. The molecule has 3 rings (SSSR count). The Hall–Kier alpha value is -3.60. The minimum atomic E-state index is -0.388. The average Bonchev–Trinajstić information content (AvgIpc) is 3.22. The van der Waals surface area contributed by atoms with Crippen LogP contribution in [0.2, 0.25) is 0 Å². The largest absolute Gasteiger partial charge is 0.465 e. The van der Waals surface area contributed by atoms with Crippen molar-refractivity contribution in [2.45, 2.75) is 33.7 Å². The van der Waals surface area contributed by atoms with Gasteiger partial charge in [0.05, 0.1) is 12.3 Å². The molecule has 0 saturated carbocycles. The maximum absolute atomic E-state index is 13.0. The highest BCUT2D eigenvalue weighted by Crippen LogP contribution is 2.19. The van der Waals surface area contributed by atoms with E-state index in [1.165, 1.54) is 12.3 Å². The first kappa shape index (κ1) is 21.1. The van der Waals surface area contributed by atoms with Gasteiger partial charge in [0.15, 0.2) is 0 Å². The molecule has 1 atom stereocenters. The number of nitrogens with one attached hydrogen (secondary N) is 2. The summed E-state index contributed by atoms with van der Waals surface area (Å²) in [6.45, 7) is 7.86. The molecule has 30 heavy (non-hydrogen) atoms. The van der Waals surface area contributed by atoms with Gasteiger partial charge in [-0.1, -0.05) is 41.5 Å². The second-order valence-electron chi connectivity index (χ2n) is 7.45. The van der Waals surface area contributed by atoms with Crippen molar-refractivity contribution in [3.8, 4) is 0 Å². The van der Waals surface area contributed by atoms with E-state index in [-0.39, 0.29) is 23.6 Å². The zero-order chi connectivity index (χ0) is 21.7. The van der Waals surface area contributed by atoms with Gasteiger partial charge in [-0.15, -0.1) is 0 Å². The SMILES string of the molecule is Cc1cccc(C(=O)N/C(=C\c2ccco2)C(=O)N[C@@H](C)c2cc(C)ccc2C)c1. The van der Waals surface area contributed by atoms with Gasteiger partial charge in [0.25, 0.3) is 11.8 Å². The number of hydrogen-bond acceptors (Lipinski definition) is 3. The fourth-order valence-electron chi connectivity index (χ4n) is 3.23. The number of benzene rings is 2. The van der Waals surface area contributed by atoms with E-state index in [2.05, 4.69) is 16.7 Å². The first-order valence-electron chi connectivity index (χ1n) is 9.84. The zero-order valence-corrected chi connectivity index (χ0v) is 17.7. The van der Waals surface area contributed by atoms with Crippen LogP contribution in [0.4, 0.5) is 0 Å². The molecule has 0 aliphatic heterocycles. The van der Waals surface area contributed by atoms with Gasteiger partial charge < -0.3 is 15.1 Å². The second-order valence-corrected chi connectivity index (χ2v) is 7.45. The number of amides is 2. The normalized spacial score (nSPS) is 12.3. The Morgan fingerprint density at radius 2 is 1.73 bits per heavy atom. The Kier molecular flexibility index (Phi) is 6.52. The van der Waals surface area contributed by atoms with E-state index in [0.717, 1.165) is 22.3 Å². The molecular weight excluding hydrogens is 376 g/mol. The standard InChI is InChI=1S/C25H26N2O3/c1-16-7-5-8-20(13-16)24(28)27-23(15-21-9-6-12-30-21)25(29)26-19(4)22-14-17(2)10-11-18(22)3/h5-15,19H,1-4H3,(H,26,29)(H,27,28)/b23-15-/t19-/m0/s1. The molecule has 1 aromatic heterocycles. The molecule has 5 heteroatoms. The van der Waals surface area contributed by atoms with Crippen molar-refractivity contribution in [3.63, 3.8) is 0 Å². The van der Waals surface area contributed by atoms with Gasteiger partial charge in [-0.05, 0) is 63.1 Å². The molecule has 0 aliphatic carbocycles. The molecule has 0 aliphatic rings. The molecule has 0 unspecified atom stereocenters. The lowest BCUT2D eigenvalue weighted by Gasteiger charge is -2.19. The molecule has 5 nitrogen and oxygen atoms in total. The van der Waals surface area contributed by atoms with E-state index in [1.807, 2.05) is 52.0 Å². The van der Waals surface area contributed by atoms with Gasteiger partial charge in [0.2, 0.25) is 0 Å². The van der Waals surface area contributed by atoms with Gasteiger partial charge in [0.1, 0.15) is 11.5 Å². The molecule has 154 valence electrons. The van der Waals surface area contributed by atoms with Gasteiger partial charge in [-0.3, -0.25) is 9.59 Å². The van der Waals surface area contributed by atoms with Crippen molar-refractivity contribution in [2.75, 3.05) is 0 Å². The van der Waals surface area contributed by atoms with E-state index in [1.54, 1.807) is 24.3 Å². The summed E-state index contributed by atoms with van der Waals surface area (Å²) in [5.41, 5.74) is 4.81. The highest BCUT2D eigenvalue weighted by atomic mass is 16.3. The van der Waals surface area contributed by atoms with E-state index < -0.39 is 0 Å². The monoisotopic (exact) mass is 402 g/mol. The lowest BCUT2D eigenvalue weighted by molar-refractivity contribution is -0.118. The van der Waals surface area contributed by atoms with Gasteiger partial charge in [-0.2, -0.15) is 0 Å². The van der Waals surface area contributed by atoms with Crippen LogP contribution in [0.15, 0.2) is 71.0 Å². The van der Waals surface area contributed by atoms with Gasteiger partial charge in [0, 0.05) is 11.6 Å². The van der Waals surface area contributed by atoms with Crippen molar-refractivity contribution in [1.29, 1.82) is 0 Å². The predicted octanol–water partition coefficient (Wildman–Crippen LogP) is 4.85. The summed E-state index contributed by atoms with van der Waals surface area (Å²) in [7, 11) is 0. The quantitative estimate of drug-likeness (QED) is 0.579. The van der Waals surface area contributed by atoms with Crippen LogP contribution in [-0.4, -0.2) is 11.8 Å². The third-order valence-corrected chi connectivity index (χ3v) is 4.85. The Labute approximate surface area is 176 Å². The fraction of sp³-hybridized carbons (Fsp3) is 0.200. The van der Waals surface area contributed by atoms with Crippen LogP contribution in [0.5, 0.6) is 0 Å². The lowest BCUT2D eigenvalue weighted by Crippen LogP contribution is -2.36. The zero-order valence-electron chi connectivity index (χ0n) is 17.7. The first-order valence-corrected chi connectivity index (χ1v) is 9.84. The average molecular weight is 402 g/mol. The van der Waals surface area contributed by atoms with E-state index in [4.69, 9.17) is 4.42 Å². The minimum Gasteiger partial charge on any atom is -0.465 e. The third-order valence-electron chi connectivity index (χ3n) is 4.85. The van der Waals surface area contributed by atoms with Crippen LogP contribution in [0.25, 0.3) is 6.08 Å². The van der Waals surface area contributed by atoms with Crippen molar-refractivity contribution in [1.82, 2.24) is 10.6 Å². The number of aryl methyl sites for hydroxylation is 3. The lowest BCUT2D eigenvalue weighted by atomic mass is 10.00. The van der Waals surface area contributed by atoms with Crippen molar-refractivity contribution >= 4 is 17.9 Å². The van der Waals surface area contributed by atoms with E-state index in [9.17, 15) is 9.59 Å². The molecule has 0 saturated heterocycles. The number of carbonyl (C=O) groups is 2. The topological polar surface area (TPSA) is 71.3 Å². The molecule has 0 bridgehead atoms. The maximum Gasteiger partial charge on any atom is 0.268 e. The molecule has 1 heterocycles. The smallest absolute Gasteiger partial charge is 0.268 e. The summed E-state index contributed by atoms with van der Waals surface area (Å²) >= 11 is 0. The van der Waals surface area contributed by atoms with Crippen molar-refractivity contribution in [3.05, 3.63) is 100 Å².